The molecule has 0 bridgehead atoms. The summed E-state index contributed by atoms with van der Waals surface area (Å²) in [5.41, 5.74) is 1.18. The molecule has 2 atom stereocenters. The molecule has 1 heterocycles. The van der Waals surface area contributed by atoms with Crippen molar-refractivity contribution in [3.63, 3.8) is 0 Å². The van der Waals surface area contributed by atoms with Gasteiger partial charge in [0.25, 0.3) is 0 Å². The van der Waals surface area contributed by atoms with Crippen LogP contribution in [-0.2, 0) is 4.74 Å². The lowest BCUT2D eigenvalue weighted by Gasteiger charge is -2.25. The lowest BCUT2D eigenvalue weighted by atomic mass is 10.0. The van der Waals surface area contributed by atoms with Gasteiger partial charge in [-0.1, -0.05) is 13.0 Å². The summed E-state index contributed by atoms with van der Waals surface area (Å²) in [5.74, 6) is 1.68. The Kier molecular flexibility index (Phi) is 5.68. The van der Waals surface area contributed by atoms with E-state index in [0.717, 1.165) is 37.5 Å². The maximum Gasteiger partial charge on any atom is 0.161 e. The zero-order valence-electron chi connectivity index (χ0n) is 12.6. The van der Waals surface area contributed by atoms with Gasteiger partial charge >= 0.3 is 0 Å². The van der Waals surface area contributed by atoms with Crippen molar-refractivity contribution < 1.29 is 14.2 Å². The smallest absolute Gasteiger partial charge is 0.161 e. The second-order valence-corrected chi connectivity index (χ2v) is 5.13. The Morgan fingerprint density at radius 3 is 2.70 bits per heavy atom. The van der Waals surface area contributed by atoms with Gasteiger partial charge in [-0.05, 0) is 37.6 Å². The number of methoxy groups -OCH3 is 1. The standard InChI is InChI=1S/C16H25NO3/c1-4-8-17-16(12(2)18-3)13-6-7-14-15(11-13)20-10-5-9-19-14/h6-7,11-12,16-17H,4-5,8-10H2,1-3H3. The number of ether oxygens (including phenoxy) is 3. The second-order valence-electron chi connectivity index (χ2n) is 5.13. The van der Waals surface area contributed by atoms with Crippen LogP contribution in [0.2, 0.25) is 0 Å². The van der Waals surface area contributed by atoms with Gasteiger partial charge in [-0.15, -0.1) is 0 Å². The van der Waals surface area contributed by atoms with E-state index in [-0.39, 0.29) is 12.1 Å². The van der Waals surface area contributed by atoms with Crippen LogP contribution in [0.1, 0.15) is 38.3 Å². The fourth-order valence-corrected chi connectivity index (χ4v) is 2.36. The zero-order chi connectivity index (χ0) is 14.4. The van der Waals surface area contributed by atoms with Crippen LogP contribution >= 0.6 is 0 Å². The molecule has 0 aliphatic carbocycles. The summed E-state index contributed by atoms with van der Waals surface area (Å²) in [6.45, 7) is 6.64. The van der Waals surface area contributed by atoms with E-state index in [4.69, 9.17) is 14.2 Å². The Hall–Kier alpha value is -1.26. The molecule has 2 unspecified atom stereocenters. The van der Waals surface area contributed by atoms with E-state index in [2.05, 4.69) is 31.3 Å². The second kappa shape index (κ2) is 7.50. The summed E-state index contributed by atoms with van der Waals surface area (Å²) in [6, 6.07) is 6.33. The quantitative estimate of drug-likeness (QED) is 0.869. The third-order valence-electron chi connectivity index (χ3n) is 3.59. The number of hydrogen-bond donors (Lipinski definition) is 1. The Balaban J connectivity index is 2.21. The van der Waals surface area contributed by atoms with Gasteiger partial charge in [-0.25, -0.2) is 0 Å². The first-order valence-electron chi connectivity index (χ1n) is 7.42. The maximum atomic E-state index is 5.76. The van der Waals surface area contributed by atoms with E-state index in [1.54, 1.807) is 7.11 Å². The van der Waals surface area contributed by atoms with Gasteiger partial charge in [-0.2, -0.15) is 0 Å². The van der Waals surface area contributed by atoms with E-state index in [0.29, 0.717) is 6.61 Å². The fraction of sp³-hybridized carbons (Fsp3) is 0.625. The van der Waals surface area contributed by atoms with Crippen molar-refractivity contribution in [2.75, 3.05) is 26.9 Å². The van der Waals surface area contributed by atoms with Gasteiger partial charge in [0.2, 0.25) is 0 Å². The van der Waals surface area contributed by atoms with Crippen molar-refractivity contribution in [1.29, 1.82) is 0 Å². The van der Waals surface area contributed by atoms with Crippen molar-refractivity contribution >= 4 is 0 Å². The molecular weight excluding hydrogens is 254 g/mol. The Morgan fingerprint density at radius 1 is 1.25 bits per heavy atom. The van der Waals surface area contributed by atoms with E-state index in [1.165, 1.54) is 5.56 Å². The molecule has 0 radical (unpaired) electrons. The highest BCUT2D eigenvalue weighted by atomic mass is 16.5. The molecule has 4 nitrogen and oxygen atoms in total. The normalized spacial score (nSPS) is 17.4. The molecule has 1 aliphatic heterocycles. The van der Waals surface area contributed by atoms with Gasteiger partial charge in [-0.3, -0.25) is 0 Å². The molecule has 0 saturated heterocycles. The van der Waals surface area contributed by atoms with E-state index in [1.807, 2.05) is 6.07 Å². The molecule has 1 aliphatic rings. The molecular formula is C16H25NO3. The first-order chi connectivity index (χ1) is 9.76. The summed E-state index contributed by atoms with van der Waals surface area (Å²) in [5, 5.41) is 3.54. The number of nitrogens with one attached hydrogen (secondary N) is 1. The molecule has 1 aromatic carbocycles. The summed E-state index contributed by atoms with van der Waals surface area (Å²) < 4.78 is 16.9. The molecule has 1 aromatic rings. The number of hydrogen-bond acceptors (Lipinski definition) is 4. The Morgan fingerprint density at radius 2 is 2.00 bits per heavy atom. The van der Waals surface area contributed by atoms with Crippen LogP contribution in [0.3, 0.4) is 0 Å². The van der Waals surface area contributed by atoms with Crippen LogP contribution < -0.4 is 14.8 Å². The first-order valence-corrected chi connectivity index (χ1v) is 7.42. The number of fused-ring (bicyclic) bond motifs is 1. The van der Waals surface area contributed by atoms with E-state index < -0.39 is 0 Å². The number of rotatable bonds is 6. The average molecular weight is 279 g/mol. The van der Waals surface area contributed by atoms with Gasteiger partial charge < -0.3 is 19.5 Å². The van der Waals surface area contributed by atoms with E-state index in [9.17, 15) is 0 Å². The minimum absolute atomic E-state index is 0.103. The molecule has 0 fully saturated rings. The lowest BCUT2D eigenvalue weighted by molar-refractivity contribution is 0.0829. The highest BCUT2D eigenvalue weighted by Gasteiger charge is 2.20. The van der Waals surface area contributed by atoms with Crippen LogP contribution in [0, 0.1) is 0 Å². The van der Waals surface area contributed by atoms with Crippen LogP contribution in [0.25, 0.3) is 0 Å². The largest absolute Gasteiger partial charge is 0.490 e. The Bertz CT molecular complexity index is 422. The minimum Gasteiger partial charge on any atom is -0.490 e. The molecule has 0 spiro atoms. The first kappa shape index (κ1) is 15.1. The highest BCUT2D eigenvalue weighted by Crippen LogP contribution is 2.33. The fourth-order valence-electron chi connectivity index (χ4n) is 2.36. The van der Waals surface area contributed by atoms with Crippen LogP contribution in [-0.4, -0.2) is 33.0 Å². The third-order valence-corrected chi connectivity index (χ3v) is 3.59. The van der Waals surface area contributed by atoms with Crippen LogP contribution in [0.5, 0.6) is 11.5 Å². The van der Waals surface area contributed by atoms with Gasteiger partial charge in [0.05, 0.1) is 25.4 Å². The summed E-state index contributed by atoms with van der Waals surface area (Å²) in [4.78, 5) is 0. The topological polar surface area (TPSA) is 39.7 Å². The van der Waals surface area contributed by atoms with Crippen molar-refractivity contribution in [2.45, 2.75) is 38.8 Å². The van der Waals surface area contributed by atoms with Crippen molar-refractivity contribution in [3.8, 4) is 11.5 Å². The lowest BCUT2D eigenvalue weighted by Crippen LogP contribution is -2.32. The van der Waals surface area contributed by atoms with Crippen molar-refractivity contribution in [3.05, 3.63) is 23.8 Å². The predicted octanol–water partition coefficient (Wildman–Crippen LogP) is 2.92. The molecule has 4 heteroatoms. The monoisotopic (exact) mass is 279 g/mol. The van der Waals surface area contributed by atoms with Gasteiger partial charge in [0, 0.05) is 13.5 Å². The summed E-state index contributed by atoms with van der Waals surface area (Å²) in [7, 11) is 1.74. The molecule has 1 N–H and O–H groups in total. The van der Waals surface area contributed by atoms with Crippen molar-refractivity contribution in [1.82, 2.24) is 5.32 Å². The average Bonchev–Trinajstić information content (AvgIpc) is 2.72. The molecule has 20 heavy (non-hydrogen) atoms. The Labute approximate surface area is 121 Å². The molecule has 0 saturated carbocycles. The summed E-state index contributed by atoms with van der Waals surface area (Å²) >= 11 is 0. The van der Waals surface area contributed by atoms with Crippen LogP contribution in [0.4, 0.5) is 0 Å². The van der Waals surface area contributed by atoms with E-state index >= 15 is 0 Å². The zero-order valence-corrected chi connectivity index (χ0v) is 12.6. The number of benzene rings is 1. The SMILES string of the molecule is CCCNC(c1ccc2c(c1)OCCCO2)C(C)OC. The maximum absolute atomic E-state index is 5.76. The third kappa shape index (κ3) is 3.64. The van der Waals surface area contributed by atoms with Crippen LogP contribution in [0.15, 0.2) is 18.2 Å². The molecule has 0 amide bonds. The highest BCUT2D eigenvalue weighted by molar-refractivity contribution is 5.44. The molecule has 2 rings (SSSR count). The van der Waals surface area contributed by atoms with Gasteiger partial charge in [0.15, 0.2) is 11.5 Å². The van der Waals surface area contributed by atoms with Crippen molar-refractivity contribution in [2.24, 2.45) is 0 Å². The molecule has 112 valence electrons. The predicted molar refractivity (Wildman–Crippen MR) is 79.6 cm³/mol. The molecule has 0 aromatic heterocycles. The summed E-state index contributed by atoms with van der Waals surface area (Å²) in [6.07, 6.45) is 2.12. The minimum atomic E-state index is 0.103. The van der Waals surface area contributed by atoms with Gasteiger partial charge in [0.1, 0.15) is 0 Å².